The van der Waals surface area contributed by atoms with E-state index in [1.165, 1.54) is 22.3 Å². The van der Waals surface area contributed by atoms with Crippen molar-refractivity contribution < 1.29 is 18.6 Å². The fourth-order valence-corrected chi connectivity index (χ4v) is 18.9. The van der Waals surface area contributed by atoms with Crippen molar-refractivity contribution in [2.75, 3.05) is 0 Å². The second-order valence-electron chi connectivity index (χ2n) is 38.2. The van der Waals surface area contributed by atoms with Gasteiger partial charge < -0.3 is 18.6 Å². The first-order valence-electron chi connectivity index (χ1n) is 46.8. The highest BCUT2D eigenvalue weighted by Crippen LogP contribution is 2.49. The summed E-state index contributed by atoms with van der Waals surface area (Å²) in [4.78, 5) is 29.0. The maximum atomic E-state index is 6.90. The Morgan fingerprint density at radius 1 is 0.169 bits per heavy atom. The van der Waals surface area contributed by atoms with Gasteiger partial charge in [-0.2, -0.15) is 0 Å². The zero-order chi connectivity index (χ0) is 93.1. The van der Waals surface area contributed by atoms with Crippen molar-refractivity contribution in [1.29, 1.82) is 0 Å². The van der Waals surface area contributed by atoms with Crippen LogP contribution >= 0.6 is 0 Å². The number of benzene rings is 14. The lowest BCUT2D eigenvalue weighted by Crippen LogP contribution is -2.41. The second-order valence-corrected chi connectivity index (χ2v) is 38.2. The minimum Gasteiger partial charge on any atom is -0.399 e. The molecule has 0 N–H and O–H groups in total. The van der Waals surface area contributed by atoms with E-state index in [1.807, 2.05) is 49.1 Å². The predicted octanol–water partition coefficient (Wildman–Crippen LogP) is 29.9. The summed E-state index contributed by atoms with van der Waals surface area (Å²) in [6, 6.07) is 134. The molecule has 0 spiro atoms. The lowest BCUT2D eigenvalue weighted by molar-refractivity contribution is 0.00578. The third-order valence-corrected chi connectivity index (χ3v) is 27.9. The number of aryl methyl sites for hydroxylation is 4. The smallest absolute Gasteiger partial charge is 0.399 e. The molecule has 0 saturated carbocycles. The topological polar surface area (TPSA) is 114 Å². The van der Waals surface area contributed by atoms with Crippen LogP contribution in [0.5, 0.6) is 0 Å². The summed E-state index contributed by atoms with van der Waals surface area (Å²) in [6.07, 6.45) is 9.20. The van der Waals surface area contributed by atoms with Gasteiger partial charge in [-0.15, -0.1) is 0 Å². The molecule has 0 atom stereocenters. The molecule has 658 valence electrons. The van der Waals surface area contributed by atoms with Crippen LogP contribution in [0.3, 0.4) is 0 Å². The summed E-state index contributed by atoms with van der Waals surface area (Å²) in [6.45, 7) is 25.3. The number of pyridine rings is 4. The van der Waals surface area contributed by atoms with Gasteiger partial charge >= 0.3 is 14.2 Å². The second kappa shape index (κ2) is 35.9. The summed E-state index contributed by atoms with van der Waals surface area (Å²) < 4.78 is 27.6. The molecule has 5 aromatic heterocycles. The Balaban J connectivity index is 0.655. The number of nitrogens with zero attached hydrogens (tertiary/aromatic N) is 6. The maximum Gasteiger partial charge on any atom is 0.494 e. The SMILES string of the molecule is Cc1ccnc(-c2ccc(-c3ccccc3-c3cc(-c4ccccc4-c4ccc(-c5cc(C)ccn5)cc4)cc(-c4cc(B5OC(C)(C)C(C)(C)O5)ccc4-c4ccc(-c5cc(-c6ccc(-c7ccc(B8OC(C)(C)C(C)(C)O8)cc7-c7cc(-c8ccccc8-c8ccc(-c9cc(C)ccn9)cc8)cc(-c8ccccc8-c8ccc(-c9cc(C)ccn9)cc8)c7)cc6)ncn5)cc4)c3)cc2)c1. The normalized spacial score (nSPS) is 14.1. The van der Waals surface area contributed by atoms with Crippen LogP contribution in [-0.2, 0) is 18.6 Å². The van der Waals surface area contributed by atoms with Crippen LogP contribution in [-0.4, -0.2) is 66.5 Å². The molecule has 0 bridgehead atoms. The molecule has 2 fully saturated rings. The number of rotatable bonds is 20. The van der Waals surface area contributed by atoms with Gasteiger partial charge in [-0.1, -0.05) is 279 Å². The highest BCUT2D eigenvalue weighted by molar-refractivity contribution is 6.62. The molecular weight excluding hydrogens is 1660 g/mol. The first kappa shape index (κ1) is 87.4. The average molecular weight is 1760 g/mol. The molecule has 2 saturated heterocycles. The minimum absolute atomic E-state index is 0.576. The van der Waals surface area contributed by atoms with Crippen molar-refractivity contribution in [3.05, 3.63) is 423 Å². The van der Waals surface area contributed by atoms with Crippen LogP contribution in [0, 0.1) is 27.7 Å². The quantitative estimate of drug-likeness (QED) is 0.0683. The maximum absolute atomic E-state index is 6.90. The van der Waals surface area contributed by atoms with E-state index in [4.69, 9.17) is 48.5 Å². The van der Waals surface area contributed by atoms with Gasteiger partial charge in [-0.3, -0.25) is 19.9 Å². The molecule has 2 aliphatic rings. The third kappa shape index (κ3) is 17.5. The van der Waals surface area contributed by atoms with Crippen molar-refractivity contribution in [3.8, 4) is 201 Å². The Kier molecular flexibility index (Phi) is 23.1. The molecule has 0 unspecified atom stereocenters. The third-order valence-electron chi connectivity index (χ3n) is 27.9. The zero-order valence-corrected chi connectivity index (χ0v) is 78.6. The first-order valence-corrected chi connectivity index (χ1v) is 46.8. The summed E-state index contributed by atoms with van der Waals surface area (Å²) in [5, 5.41) is 0. The Bertz CT molecular complexity index is 6980. The number of aromatic nitrogens is 6. The number of hydrogen-bond acceptors (Lipinski definition) is 10. The van der Waals surface area contributed by atoms with E-state index >= 15 is 0 Å². The molecule has 136 heavy (non-hydrogen) atoms. The van der Waals surface area contributed by atoms with E-state index in [0.29, 0.717) is 0 Å². The predicted molar refractivity (Wildman–Crippen MR) is 561 cm³/mol. The lowest BCUT2D eigenvalue weighted by atomic mass is 9.76. The first-order chi connectivity index (χ1) is 65.9. The van der Waals surface area contributed by atoms with E-state index in [9.17, 15) is 0 Å². The summed E-state index contributed by atoms with van der Waals surface area (Å²) in [5.74, 6) is 0. The minimum atomic E-state index is -0.625. The van der Waals surface area contributed by atoms with Crippen LogP contribution < -0.4 is 10.9 Å². The molecule has 21 rings (SSSR count). The molecular formula is C124H102B2N6O4. The van der Waals surface area contributed by atoms with Gasteiger partial charge in [0.15, 0.2) is 0 Å². The van der Waals surface area contributed by atoms with Gasteiger partial charge in [-0.25, -0.2) is 9.97 Å². The van der Waals surface area contributed by atoms with Crippen molar-refractivity contribution in [1.82, 2.24) is 29.9 Å². The Labute approximate surface area is 798 Å². The lowest BCUT2D eigenvalue weighted by Gasteiger charge is -2.32. The Hall–Kier alpha value is -15.3. The summed E-state index contributed by atoms with van der Waals surface area (Å²) in [5.41, 5.74) is 41.5. The van der Waals surface area contributed by atoms with Gasteiger partial charge in [0, 0.05) is 58.2 Å². The molecule has 14 aromatic carbocycles. The fraction of sp³-hybridized carbons (Fsp3) is 0.129. The van der Waals surface area contributed by atoms with Gasteiger partial charge in [0.05, 0.1) is 56.6 Å². The zero-order valence-electron chi connectivity index (χ0n) is 78.6. The molecule has 7 heterocycles. The number of hydrogen-bond donors (Lipinski definition) is 0. The van der Waals surface area contributed by atoms with E-state index in [0.717, 1.165) is 212 Å². The van der Waals surface area contributed by atoms with E-state index in [2.05, 4.69) is 429 Å². The fourth-order valence-electron chi connectivity index (χ4n) is 18.9. The molecule has 12 heteroatoms. The molecule has 0 radical (unpaired) electrons. The van der Waals surface area contributed by atoms with Crippen LogP contribution in [0.1, 0.15) is 77.6 Å². The monoisotopic (exact) mass is 1760 g/mol. The van der Waals surface area contributed by atoms with Crippen LogP contribution in [0.15, 0.2) is 401 Å². The van der Waals surface area contributed by atoms with Crippen molar-refractivity contribution >= 4 is 25.2 Å². The molecule has 2 aliphatic heterocycles. The van der Waals surface area contributed by atoms with Crippen molar-refractivity contribution in [2.24, 2.45) is 0 Å². The van der Waals surface area contributed by atoms with Gasteiger partial charge in [0.25, 0.3) is 0 Å². The molecule has 10 nitrogen and oxygen atoms in total. The van der Waals surface area contributed by atoms with Gasteiger partial charge in [0.2, 0.25) is 0 Å². The Morgan fingerprint density at radius 2 is 0.353 bits per heavy atom. The van der Waals surface area contributed by atoms with Gasteiger partial charge in [0.1, 0.15) is 6.33 Å². The van der Waals surface area contributed by atoms with Crippen molar-refractivity contribution in [2.45, 2.75) is 105 Å². The van der Waals surface area contributed by atoms with Crippen LogP contribution in [0.25, 0.3) is 201 Å². The van der Waals surface area contributed by atoms with Crippen LogP contribution in [0.4, 0.5) is 0 Å². The largest absolute Gasteiger partial charge is 0.494 e. The van der Waals surface area contributed by atoms with E-state index in [1.54, 1.807) is 6.33 Å². The molecule has 0 aliphatic carbocycles. The highest BCUT2D eigenvalue weighted by atomic mass is 16.7. The summed E-state index contributed by atoms with van der Waals surface area (Å²) >= 11 is 0. The molecule has 19 aromatic rings. The summed E-state index contributed by atoms with van der Waals surface area (Å²) in [7, 11) is -1.25. The van der Waals surface area contributed by atoms with Gasteiger partial charge in [-0.05, 0) is 341 Å². The van der Waals surface area contributed by atoms with Crippen LogP contribution in [0.2, 0.25) is 0 Å². The molecule has 0 amide bonds. The standard InChI is InChI=1S/C124H102B2N6O4/c1-79-57-61-127-115(65-79)89-41-29-83(30-42-89)103-21-13-17-25-107(103)95-69-96(108-26-18-14-22-104(108)84-31-43-90(44-32-84)116-66-80(2)58-62-128-116)72-99(71-95)113-75-101(125-133-121(5,6)122(7,8)134-125)53-55-111(113)87-37-49-93(50-38-87)119-77-120(132-78-131-119)94-51-39-88(40-52-94)112-56-54-102(126-135-123(9,10)124(11,12)136-126)76-114(112)100-73-97(109-27-19-15-23-105(109)85-33-45-91(46-34-85)117-67-81(3)59-63-129-117)70-98(74-100)110-28-20-16-24-106(110)86-35-47-92(48-36-86)118-68-82(4)60-64-130-118/h13-78H,1-12H3. The van der Waals surface area contributed by atoms with Crippen molar-refractivity contribution in [3.63, 3.8) is 0 Å². The van der Waals surface area contributed by atoms with E-state index < -0.39 is 36.6 Å². The average Bonchev–Trinajstić information content (AvgIpc) is 1.30. The Morgan fingerprint density at radius 3 is 0.566 bits per heavy atom. The van der Waals surface area contributed by atoms with E-state index in [-0.39, 0.29) is 0 Å². The highest BCUT2D eigenvalue weighted by Gasteiger charge is 2.53.